The van der Waals surface area contributed by atoms with Gasteiger partial charge < -0.3 is 0 Å². The van der Waals surface area contributed by atoms with Gasteiger partial charge >= 0.3 is 0 Å². The van der Waals surface area contributed by atoms with E-state index in [1.54, 1.807) is 11.3 Å². The molecule has 0 atom stereocenters. The van der Waals surface area contributed by atoms with Crippen molar-refractivity contribution in [1.29, 1.82) is 0 Å². The van der Waals surface area contributed by atoms with Crippen LogP contribution >= 0.6 is 11.3 Å². The summed E-state index contributed by atoms with van der Waals surface area (Å²) in [4.78, 5) is 0. The number of fused-ring (bicyclic) bond motifs is 1. The second kappa shape index (κ2) is 3.07. The predicted octanol–water partition coefficient (Wildman–Crippen LogP) is 3.12. The first-order chi connectivity index (χ1) is 6.20. The second-order valence-electron chi connectivity index (χ2n) is 3.55. The van der Waals surface area contributed by atoms with E-state index in [-0.39, 0.29) is 0 Å². The van der Waals surface area contributed by atoms with Gasteiger partial charge in [0.15, 0.2) is 0 Å². The fourth-order valence-electron chi connectivity index (χ4n) is 1.38. The number of thiophene rings is 1. The summed E-state index contributed by atoms with van der Waals surface area (Å²) in [6.07, 6.45) is 1.85. The van der Waals surface area contributed by atoms with Crippen molar-refractivity contribution in [2.45, 2.75) is 26.7 Å². The summed E-state index contributed by atoms with van der Waals surface area (Å²) < 4.78 is 1.29. The van der Waals surface area contributed by atoms with Crippen LogP contribution in [0.25, 0.3) is 10.1 Å². The summed E-state index contributed by atoms with van der Waals surface area (Å²) in [6, 6.07) is 0. The minimum Gasteiger partial charge on any atom is -0.158 e. The molecule has 0 saturated heterocycles. The number of rotatable bonds is 1. The highest BCUT2D eigenvalue weighted by atomic mass is 32.1. The number of hydrogen-bond donors (Lipinski definition) is 0. The molecule has 0 aliphatic rings. The molecule has 2 rings (SSSR count). The van der Waals surface area contributed by atoms with Crippen LogP contribution in [-0.4, -0.2) is 10.2 Å². The van der Waals surface area contributed by atoms with E-state index in [0.29, 0.717) is 5.92 Å². The lowest BCUT2D eigenvalue weighted by molar-refractivity contribution is 0.801. The van der Waals surface area contributed by atoms with E-state index >= 15 is 0 Å². The van der Waals surface area contributed by atoms with Gasteiger partial charge in [0.05, 0.1) is 16.6 Å². The molecule has 0 fully saturated rings. The molecule has 0 aromatic carbocycles. The van der Waals surface area contributed by atoms with Gasteiger partial charge in [0.1, 0.15) is 0 Å². The molecular formula is C10H12N2S. The summed E-state index contributed by atoms with van der Waals surface area (Å²) >= 11 is 1.77. The molecule has 2 aromatic heterocycles. The fraction of sp³-hybridized carbons (Fsp3) is 0.400. The minimum absolute atomic E-state index is 0.453. The van der Waals surface area contributed by atoms with Crippen molar-refractivity contribution in [3.05, 3.63) is 22.8 Å². The van der Waals surface area contributed by atoms with Gasteiger partial charge in [-0.3, -0.25) is 0 Å². The molecule has 0 radical (unpaired) electrons. The van der Waals surface area contributed by atoms with E-state index in [9.17, 15) is 0 Å². The van der Waals surface area contributed by atoms with Crippen molar-refractivity contribution >= 4 is 21.4 Å². The van der Waals surface area contributed by atoms with E-state index in [0.717, 1.165) is 5.69 Å². The van der Waals surface area contributed by atoms with Gasteiger partial charge in [-0.1, -0.05) is 13.8 Å². The second-order valence-corrected chi connectivity index (χ2v) is 4.43. The summed E-state index contributed by atoms with van der Waals surface area (Å²) in [5, 5.41) is 11.6. The number of aryl methyl sites for hydroxylation is 1. The lowest BCUT2D eigenvalue weighted by Crippen LogP contribution is -1.94. The molecule has 0 spiro atoms. The molecule has 0 aliphatic carbocycles. The van der Waals surface area contributed by atoms with Gasteiger partial charge in [0.25, 0.3) is 0 Å². The Hall–Kier alpha value is -0.960. The summed E-state index contributed by atoms with van der Waals surface area (Å²) in [6.45, 7) is 6.42. The van der Waals surface area contributed by atoms with E-state index in [1.807, 2.05) is 6.20 Å². The van der Waals surface area contributed by atoms with Crippen LogP contribution in [0.5, 0.6) is 0 Å². The molecule has 0 saturated carbocycles. The molecule has 0 unspecified atom stereocenters. The molecule has 0 N–H and O–H groups in total. The van der Waals surface area contributed by atoms with Crippen LogP contribution in [0.3, 0.4) is 0 Å². The van der Waals surface area contributed by atoms with Crippen molar-refractivity contribution in [1.82, 2.24) is 10.2 Å². The van der Waals surface area contributed by atoms with Crippen molar-refractivity contribution in [3.63, 3.8) is 0 Å². The number of aromatic nitrogens is 2. The maximum absolute atomic E-state index is 4.18. The largest absolute Gasteiger partial charge is 0.158 e. The molecule has 0 amide bonds. The maximum atomic E-state index is 4.18. The first-order valence-electron chi connectivity index (χ1n) is 4.39. The monoisotopic (exact) mass is 192 g/mol. The Morgan fingerprint density at radius 3 is 2.85 bits per heavy atom. The van der Waals surface area contributed by atoms with Crippen molar-refractivity contribution in [2.24, 2.45) is 0 Å². The van der Waals surface area contributed by atoms with Crippen LogP contribution in [0, 0.1) is 6.92 Å². The standard InChI is InChI=1S/C10H12N2S/c1-6(2)9-10-8(4-11-12-9)7(3)5-13-10/h4-6H,1-3H3. The number of hydrogen-bond acceptors (Lipinski definition) is 3. The quantitative estimate of drug-likeness (QED) is 0.693. The molecule has 2 heterocycles. The zero-order valence-electron chi connectivity index (χ0n) is 8.03. The van der Waals surface area contributed by atoms with Gasteiger partial charge in [-0.15, -0.1) is 11.3 Å². The molecule has 3 heteroatoms. The van der Waals surface area contributed by atoms with Gasteiger partial charge in [-0.2, -0.15) is 10.2 Å². The highest BCUT2D eigenvalue weighted by Crippen LogP contribution is 2.29. The lowest BCUT2D eigenvalue weighted by atomic mass is 10.1. The van der Waals surface area contributed by atoms with Gasteiger partial charge in [0, 0.05) is 5.39 Å². The molecule has 68 valence electrons. The lowest BCUT2D eigenvalue weighted by Gasteiger charge is -2.03. The third kappa shape index (κ3) is 1.33. The van der Waals surface area contributed by atoms with Gasteiger partial charge in [-0.05, 0) is 23.8 Å². The van der Waals surface area contributed by atoms with Crippen LogP contribution in [0.2, 0.25) is 0 Å². The zero-order valence-corrected chi connectivity index (χ0v) is 8.85. The molecule has 2 nitrogen and oxygen atoms in total. The van der Waals surface area contributed by atoms with Gasteiger partial charge in [0.2, 0.25) is 0 Å². The predicted molar refractivity (Wildman–Crippen MR) is 56.2 cm³/mol. The minimum atomic E-state index is 0.453. The van der Waals surface area contributed by atoms with Crippen molar-refractivity contribution in [3.8, 4) is 0 Å². The van der Waals surface area contributed by atoms with E-state index in [4.69, 9.17) is 0 Å². The van der Waals surface area contributed by atoms with Crippen molar-refractivity contribution < 1.29 is 0 Å². The van der Waals surface area contributed by atoms with E-state index in [1.165, 1.54) is 15.6 Å². The van der Waals surface area contributed by atoms with Crippen LogP contribution < -0.4 is 0 Å². The Morgan fingerprint density at radius 2 is 2.15 bits per heavy atom. The van der Waals surface area contributed by atoms with Crippen LogP contribution in [0.1, 0.15) is 31.0 Å². The summed E-state index contributed by atoms with van der Waals surface area (Å²) in [5.74, 6) is 0.453. The van der Waals surface area contributed by atoms with Gasteiger partial charge in [-0.25, -0.2) is 0 Å². The van der Waals surface area contributed by atoms with E-state index < -0.39 is 0 Å². The van der Waals surface area contributed by atoms with Crippen LogP contribution in [-0.2, 0) is 0 Å². The van der Waals surface area contributed by atoms with Crippen molar-refractivity contribution in [2.75, 3.05) is 0 Å². The highest BCUT2D eigenvalue weighted by Gasteiger charge is 2.09. The Kier molecular flexibility index (Phi) is 2.04. The number of nitrogens with zero attached hydrogens (tertiary/aromatic N) is 2. The Labute approximate surface area is 81.6 Å². The first-order valence-corrected chi connectivity index (χ1v) is 5.27. The Bertz CT molecular complexity index is 431. The Morgan fingerprint density at radius 1 is 1.38 bits per heavy atom. The zero-order chi connectivity index (χ0) is 9.42. The Balaban J connectivity index is 2.77. The molecule has 0 bridgehead atoms. The average Bonchev–Trinajstić information content (AvgIpc) is 2.48. The topological polar surface area (TPSA) is 25.8 Å². The fourth-order valence-corrected chi connectivity index (χ4v) is 2.54. The first kappa shape index (κ1) is 8.63. The average molecular weight is 192 g/mol. The molecular weight excluding hydrogens is 180 g/mol. The summed E-state index contributed by atoms with van der Waals surface area (Å²) in [5.41, 5.74) is 2.42. The molecule has 13 heavy (non-hydrogen) atoms. The molecule has 0 aliphatic heterocycles. The molecule has 2 aromatic rings. The third-order valence-corrected chi connectivity index (χ3v) is 3.29. The van der Waals surface area contributed by atoms with Crippen LogP contribution in [0.15, 0.2) is 11.6 Å². The van der Waals surface area contributed by atoms with Crippen LogP contribution in [0.4, 0.5) is 0 Å². The maximum Gasteiger partial charge on any atom is 0.0834 e. The smallest absolute Gasteiger partial charge is 0.0834 e. The SMILES string of the molecule is Cc1csc2c(C(C)C)nncc12. The summed E-state index contributed by atoms with van der Waals surface area (Å²) in [7, 11) is 0. The van der Waals surface area contributed by atoms with E-state index in [2.05, 4.69) is 36.3 Å². The normalized spacial score (nSPS) is 11.4. The third-order valence-electron chi connectivity index (χ3n) is 2.15. The highest BCUT2D eigenvalue weighted by molar-refractivity contribution is 7.17.